The molecule has 1 amide bonds. The fourth-order valence-electron chi connectivity index (χ4n) is 2.17. The summed E-state index contributed by atoms with van der Waals surface area (Å²) >= 11 is 0. The molecule has 1 aliphatic carbocycles. The van der Waals surface area contributed by atoms with Crippen molar-refractivity contribution in [1.29, 1.82) is 0 Å². The van der Waals surface area contributed by atoms with Crippen LogP contribution in [0.5, 0.6) is 0 Å². The van der Waals surface area contributed by atoms with Crippen LogP contribution >= 0.6 is 0 Å². The molecule has 2 rings (SSSR count). The molecule has 0 spiro atoms. The molecular formula is C15H20FNO2. The van der Waals surface area contributed by atoms with Gasteiger partial charge < -0.3 is 10.4 Å². The Balaban J connectivity index is 2.17. The van der Waals surface area contributed by atoms with E-state index in [4.69, 9.17) is 0 Å². The van der Waals surface area contributed by atoms with Gasteiger partial charge in [0, 0.05) is 0 Å². The van der Waals surface area contributed by atoms with Crippen LogP contribution in [0, 0.1) is 5.82 Å². The minimum Gasteiger partial charge on any atom is -0.394 e. The van der Waals surface area contributed by atoms with Gasteiger partial charge in [-0.1, -0.05) is 19.1 Å². The Labute approximate surface area is 112 Å². The average Bonchev–Trinajstić information content (AvgIpc) is 3.21. The largest absolute Gasteiger partial charge is 0.394 e. The van der Waals surface area contributed by atoms with Crippen LogP contribution in [0.2, 0.25) is 0 Å². The lowest BCUT2D eigenvalue weighted by Gasteiger charge is -2.30. The number of carbonyl (C=O) groups is 1. The SMILES string of the molecule is CCC(C)(CO)NC(=O)C1(c2ccc(F)cc2)CC1. The van der Waals surface area contributed by atoms with Crippen molar-refractivity contribution in [2.24, 2.45) is 0 Å². The van der Waals surface area contributed by atoms with Crippen molar-refractivity contribution < 1.29 is 14.3 Å². The second kappa shape index (κ2) is 4.93. The van der Waals surface area contributed by atoms with Crippen LogP contribution in [0.25, 0.3) is 0 Å². The van der Waals surface area contributed by atoms with Gasteiger partial charge in [0.2, 0.25) is 5.91 Å². The Kier molecular flexibility index (Phi) is 3.63. The molecule has 1 unspecified atom stereocenters. The Hall–Kier alpha value is -1.42. The number of hydrogen-bond acceptors (Lipinski definition) is 2. The lowest BCUT2D eigenvalue weighted by atomic mass is 9.92. The summed E-state index contributed by atoms with van der Waals surface area (Å²) in [5.74, 6) is -0.369. The van der Waals surface area contributed by atoms with Crippen LogP contribution in [0.15, 0.2) is 24.3 Å². The molecule has 1 aromatic carbocycles. The summed E-state index contributed by atoms with van der Waals surface area (Å²) < 4.78 is 12.9. The third kappa shape index (κ3) is 2.63. The standard InChI is InChI=1S/C15H20FNO2/c1-3-14(2,10-18)17-13(19)15(8-9-15)11-4-6-12(16)7-5-11/h4-7,18H,3,8-10H2,1-2H3,(H,17,19). The maximum Gasteiger partial charge on any atom is 0.231 e. The third-order valence-corrected chi connectivity index (χ3v) is 4.13. The van der Waals surface area contributed by atoms with E-state index < -0.39 is 11.0 Å². The highest BCUT2D eigenvalue weighted by Gasteiger charge is 2.52. The van der Waals surface area contributed by atoms with Crippen LogP contribution in [-0.2, 0) is 10.2 Å². The first kappa shape index (κ1) is 14.0. The van der Waals surface area contributed by atoms with Gasteiger partial charge in [-0.25, -0.2) is 4.39 Å². The van der Waals surface area contributed by atoms with Crippen LogP contribution in [0.1, 0.15) is 38.7 Å². The van der Waals surface area contributed by atoms with Gasteiger partial charge in [-0.3, -0.25) is 4.79 Å². The molecule has 0 aliphatic heterocycles. The minimum atomic E-state index is -0.591. The van der Waals surface area contributed by atoms with E-state index >= 15 is 0 Å². The van der Waals surface area contributed by atoms with Gasteiger partial charge in [0.1, 0.15) is 5.82 Å². The Morgan fingerprint density at radius 1 is 1.42 bits per heavy atom. The number of amides is 1. The predicted molar refractivity (Wildman–Crippen MR) is 71.2 cm³/mol. The minimum absolute atomic E-state index is 0.0718. The Morgan fingerprint density at radius 2 is 2.00 bits per heavy atom. The second-order valence-corrected chi connectivity index (χ2v) is 5.62. The quantitative estimate of drug-likeness (QED) is 0.857. The lowest BCUT2D eigenvalue weighted by molar-refractivity contribution is -0.126. The van der Waals surface area contributed by atoms with Crippen molar-refractivity contribution in [2.75, 3.05) is 6.61 Å². The third-order valence-electron chi connectivity index (χ3n) is 4.13. The zero-order chi connectivity index (χ0) is 14.1. The molecule has 1 atom stereocenters. The van der Waals surface area contributed by atoms with Crippen molar-refractivity contribution in [3.05, 3.63) is 35.6 Å². The molecular weight excluding hydrogens is 245 g/mol. The molecule has 1 aromatic rings. The molecule has 0 aromatic heterocycles. The maximum atomic E-state index is 12.9. The summed E-state index contributed by atoms with van der Waals surface area (Å²) in [4.78, 5) is 12.4. The number of nitrogens with one attached hydrogen (secondary N) is 1. The van der Waals surface area contributed by atoms with Gasteiger partial charge in [0.25, 0.3) is 0 Å². The Morgan fingerprint density at radius 3 is 2.42 bits per heavy atom. The number of hydrogen-bond donors (Lipinski definition) is 2. The van der Waals surface area contributed by atoms with Crippen LogP contribution in [-0.4, -0.2) is 23.2 Å². The molecule has 0 heterocycles. The average molecular weight is 265 g/mol. The Bertz CT molecular complexity index is 462. The number of halogens is 1. The van der Waals surface area contributed by atoms with E-state index in [9.17, 15) is 14.3 Å². The van der Waals surface area contributed by atoms with Crippen molar-refractivity contribution in [1.82, 2.24) is 5.32 Å². The van der Waals surface area contributed by atoms with Gasteiger partial charge in [0.05, 0.1) is 17.6 Å². The van der Waals surface area contributed by atoms with Crippen molar-refractivity contribution in [3.8, 4) is 0 Å². The van der Waals surface area contributed by atoms with Crippen molar-refractivity contribution in [3.63, 3.8) is 0 Å². The van der Waals surface area contributed by atoms with Gasteiger partial charge in [-0.2, -0.15) is 0 Å². The molecule has 1 aliphatic rings. The zero-order valence-electron chi connectivity index (χ0n) is 11.4. The van der Waals surface area contributed by atoms with E-state index in [2.05, 4.69) is 5.32 Å². The summed E-state index contributed by atoms with van der Waals surface area (Å²) in [6, 6.07) is 6.11. The highest BCUT2D eigenvalue weighted by Crippen LogP contribution is 2.48. The van der Waals surface area contributed by atoms with E-state index in [1.54, 1.807) is 12.1 Å². The smallest absolute Gasteiger partial charge is 0.231 e. The molecule has 4 heteroatoms. The molecule has 104 valence electrons. The zero-order valence-corrected chi connectivity index (χ0v) is 11.4. The fraction of sp³-hybridized carbons (Fsp3) is 0.533. The molecule has 0 saturated heterocycles. The summed E-state index contributed by atoms with van der Waals surface area (Å²) in [6.07, 6.45) is 2.21. The van der Waals surface area contributed by atoms with Crippen molar-refractivity contribution >= 4 is 5.91 Å². The number of rotatable bonds is 5. The van der Waals surface area contributed by atoms with E-state index in [-0.39, 0.29) is 18.3 Å². The van der Waals surface area contributed by atoms with Gasteiger partial charge >= 0.3 is 0 Å². The molecule has 1 fully saturated rings. The summed E-state index contributed by atoms with van der Waals surface area (Å²) in [6.45, 7) is 3.66. The number of aliphatic hydroxyl groups is 1. The van der Waals surface area contributed by atoms with E-state index in [1.807, 2.05) is 13.8 Å². The maximum absolute atomic E-state index is 12.9. The molecule has 0 radical (unpaired) electrons. The summed E-state index contributed by atoms with van der Waals surface area (Å²) in [5.41, 5.74) is -0.269. The molecule has 2 N–H and O–H groups in total. The number of aliphatic hydroxyl groups excluding tert-OH is 1. The summed E-state index contributed by atoms with van der Waals surface area (Å²) in [7, 11) is 0. The van der Waals surface area contributed by atoms with Crippen LogP contribution < -0.4 is 5.32 Å². The summed E-state index contributed by atoms with van der Waals surface area (Å²) in [5, 5.41) is 12.3. The predicted octanol–water partition coefficient (Wildman–Crippen LogP) is 2.13. The molecule has 19 heavy (non-hydrogen) atoms. The first-order valence-corrected chi connectivity index (χ1v) is 6.65. The van der Waals surface area contributed by atoms with Gasteiger partial charge in [-0.15, -0.1) is 0 Å². The number of carbonyl (C=O) groups excluding carboxylic acids is 1. The lowest BCUT2D eigenvalue weighted by Crippen LogP contribution is -2.51. The van der Waals surface area contributed by atoms with E-state index in [0.717, 1.165) is 18.4 Å². The first-order chi connectivity index (χ1) is 8.96. The normalized spacial score (nSPS) is 19.6. The molecule has 3 nitrogen and oxygen atoms in total. The highest BCUT2D eigenvalue weighted by atomic mass is 19.1. The molecule has 0 bridgehead atoms. The van der Waals surface area contributed by atoms with E-state index in [1.165, 1.54) is 12.1 Å². The van der Waals surface area contributed by atoms with E-state index in [0.29, 0.717) is 6.42 Å². The van der Waals surface area contributed by atoms with Crippen LogP contribution in [0.3, 0.4) is 0 Å². The highest BCUT2D eigenvalue weighted by molar-refractivity contribution is 5.91. The number of benzene rings is 1. The molecule has 1 saturated carbocycles. The fourth-order valence-corrected chi connectivity index (χ4v) is 2.17. The monoisotopic (exact) mass is 265 g/mol. The van der Waals surface area contributed by atoms with Crippen molar-refractivity contribution in [2.45, 2.75) is 44.1 Å². The van der Waals surface area contributed by atoms with Gasteiger partial charge in [0.15, 0.2) is 0 Å². The topological polar surface area (TPSA) is 49.3 Å². The first-order valence-electron chi connectivity index (χ1n) is 6.65. The van der Waals surface area contributed by atoms with Gasteiger partial charge in [-0.05, 0) is 43.9 Å². The van der Waals surface area contributed by atoms with Crippen LogP contribution in [0.4, 0.5) is 4.39 Å². The second-order valence-electron chi connectivity index (χ2n) is 5.62.